The molecule has 0 spiro atoms. The third kappa shape index (κ3) is 5.06. The quantitative estimate of drug-likeness (QED) is 0.381. The van der Waals surface area contributed by atoms with Gasteiger partial charge in [-0.15, -0.1) is 0 Å². The normalized spacial score (nSPS) is 10.8. The van der Waals surface area contributed by atoms with E-state index in [2.05, 4.69) is 15.8 Å². The highest BCUT2D eigenvalue weighted by Crippen LogP contribution is 2.27. The van der Waals surface area contributed by atoms with Crippen LogP contribution >= 0.6 is 0 Å². The zero-order chi connectivity index (χ0) is 24.1. The van der Waals surface area contributed by atoms with E-state index in [1.807, 2.05) is 44.2 Å². The minimum atomic E-state index is -0.597. The molecule has 0 aliphatic heterocycles. The molecule has 4 rings (SSSR count). The average molecular weight is 461 g/mol. The number of hydrogen-bond acceptors (Lipinski definition) is 5. The van der Waals surface area contributed by atoms with Gasteiger partial charge in [0.05, 0.1) is 22.4 Å². The summed E-state index contributed by atoms with van der Waals surface area (Å²) in [5.74, 6) is -0.400. The number of carbonyl (C=O) groups is 2. The first-order valence-corrected chi connectivity index (χ1v) is 10.8. The zero-order valence-corrected chi connectivity index (χ0v) is 18.9. The predicted octanol–water partition coefficient (Wildman–Crippen LogP) is 4.32. The molecule has 0 atom stereocenters. The van der Waals surface area contributed by atoms with Crippen LogP contribution in [0.3, 0.4) is 0 Å². The van der Waals surface area contributed by atoms with Gasteiger partial charge in [-0.3, -0.25) is 9.59 Å². The molecule has 2 N–H and O–H groups in total. The van der Waals surface area contributed by atoms with Crippen molar-refractivity contribution < 1.29 is 23.2 Å². The lowest BCUT2D eigenvalue weighted by Crippen LogP contribution is -2.35. The molecule has 0 radical (unpaired) electrons. The summed E-state index contributed by atoms with van der Waals surface area (Å²) in [5, 5.41) is 11.2. The van der Waals surface area contributed by atoms with E-state index < -0.39 is 11.7 Å². The molecule has 0 bridgehead atoms. The van der Waals surface area contributed by atoms with Crippen molar-refractivity contribution in [2.75, 3.05) is 13.1 Å². The fourth-order valence-electron chi connectivity index (χ4n) is 3.56. The van der Waals surface area contributed by atoms with Crippen LogP contribution in [0.2, 0.25) is 0 Å². The van der Waals surface area contributed by atoms with Crippen LogP contribution in [0.15, 0.2) is 65.2 Å². The number of nitrogens with zero attached hydrogens (tertiary/aromatic N) is 1. The van der Waals surface area contributed by atoms with E-state index in [0.29, 0.717) is 17.1 Å². The fraction of sp³-hybridized carbons (Fsp3) is 0.192. The SMILES string of the molecule is Cc1noc(C)c1COc1cc2ccccc2cc1C(=O)NCCNC(=O)c1ccccc1F. The summed E-state index contributed by atoms with van der Waals surface area (Å²) >= 11 is 0. The van der Waals surface area contributed by atoms with Crippen LogP contribution in [-0.2, 0) is 6.61 Å². The Labute approximate surface area is 195 Å². The van der Waals surface area contributed by atoms with Crippen molar-refractivity contribution in [3.05, 3.63) is 94.6 Å². The number of carbonyl (C=O) groups excluding carboxylic acids is 2. The maximum Gasteiger partial charge on any atom is 0.255 e. The van der Waals surface area contributed by atoms with Gasteiger partial charge in [0.1, 0.15) is 23.9 Å². The largest absolute Gasteiger partial charge is 0.488 e. The number of aromatic nitrogens is 1. The second-order valence-electron chi connectivity index (χ2n) is 7.78. The Bertz CT molecular complexity index is 1330. The van der Waals surface area contributed by atoms with Gasteiger partial charge in [0, 0.05) is 13.1 Å². The summed E-state index contributed by atoms with van der Waals surface area (Å²) in [6, 6.07) is 17.0. The standard InChI is InChI=1S/C26H24FN3O4/c1-16-22(17(2)34-30-16)15-33-24-14-19-8-4-3-7-18(19)13-21(24)26(32)29-12-11-28-25(31)20-9-5-6-10-23(20)27/h3-10,13-14H,11-12,15H2,1-2H3,(H,28,31)(H,29,32). The highest BCUT2D eigenvalue weighted by Gasteiger charge is 2.17. The van der Waals surface area contributed by atoms with Crippen molar-refractivity contribution in [1.82, 2.24) is 15.8 Å². The van der Waals surface area contributed by atoms with Gasteiger partial charge < -0.3 is 19.9 Å². The first kappa shape index (κ1) is 23.0. The van der Waals surface area contributed by atoms with Crippen molar-refractivity contribution in [2.45, 2.75) is 20.5 Å². The molecule has 174 valence electrons. The number of aryl methyl sites for hydroxylation is 2. The van der Waals surface area contributed by atoms with E-state index in [-0.39, 0.29) is 31.2 Å². The van der Waals surface area contributed by atoms with Crippen molar-refractivity contribution >= 4 is 22.6 Å². The van der Waals surface area contributed by atoms with Gasteiger partial charge in [0.15, 0.2) is 0 Å². The lowest BCUT2D eigenvalue weighted by Gasteiger charge is -2.14. The van der Waals surface area contributed by atoms with Crippen LogP contribution in [0.5, 0.6) is 5.75 Å². The summed E-state index contributed by atoms with van der Waals surface area (Å²) in [4.78, 5) is 25.1. The Morgan fingerprint density at radius 2 is 1.53 bits per heavy atom. The summed E-state index contributed by atoms with van der Waals surface area (Å²) in [6.45, 7) is 4.15. The molecule has 0 saturated heterocycles. The van der Waals surface area contributed by atoms with Gasteiger partial charge in [-0.05, 0) is 48.9 Å². The molecule has 0 saturated carbocycles. The van der Waals surface area contributed by atoms with E-state index >= 15 is 0 Å². The number of nitrogens with one attached hydrogen (secondary N) is 2. The number of benzene rings is 3. The van der Waals surface area contributed by atoms with Gasteiger partial charge in [-0.25, -0.2) is 4.39 Å². The maximum atomic E-state index is 13.7. The van der Waals surface area contributed by atoms with Crippen molar-refractivity contribution in [2.24, 2.45) is 0 Å². The molecule has 1 aromatic heterocycles. The number of amides is 2. The Kier molecular flexibility index (Phi) is 6.87. The van der Waals surface area contributed by atoms with Gasteiger partial charge in [-0.2, -0.15) is 0 Å². The Hall–Kier alpha value is -4.20. The number of fused-ring (bicyclic) bond motifs is 1. The third-order valence-corrected chi connectivity index (χ3v) is 5.46. The first-order chi connectivity index (χ1) is 16.4. The lowest BCUT2D eigenvalue weighted by molar-refractivity contribution is 0.0923. The highest BCUT2D eigenvalue weighted by molar-refractivity contribution is 6.01. The molecule has 34 heavy (non-hydrogen) atoms. The average Bonchev–Trinajstić information content (AvgIpc) is 3.16. The van der Waals surface area contributed by atoms with Crippen LogP contribution in [0.25, 0.3) is 10.8 Å². The van der Waals surface area contributed by atoms with Crippen molar-refractivity contribution in [3.8, 4) is 5.75 Å². The van der Waals surface area contributed by atoms with Crippen molar-refractivity contribution in [3.63, 3.8) is 0 Å². The Morgan fingerprint density at radius 3 is 2.18 bits per heavy atom. The molecule has 0 aliphatic rings. The van der Waals surface area contributed by atoms with E-state index in [1.54, 1.807) is 12.1 Å². The second-order valence-corrected chi connectivity index (χ2v) is 7.78. The summed E-state index contributed by atoms with van der Waals surface area (Å²) in [7, 11) is 0. The minimum Gasteiger partial charge on any atom is -0.488 e. The van der Waals surface area contributed by atoms with E-state index in [4.69, 9.17) is 9.26 Å². The molecule has 3 aromatic carbocycles. The van der Waals surface area contributed by atoms with Gasteiger partial charge in [0.2, 0.25) is 0 Å². The second kappa shape index (κ2) is 10.2. The summed E-state index contributed by atoms with van der Waals surface area (Å²) in [6.07, 6.45) is 0. The molecule has 8 heteroatoms. The third-order valence-electron chi connectivity index (χ3n) is 5.46. The monoisotopic (exact) mass is 461 g/mol. The highest BCUT2D eigenvalue weighted by atomic mass is 19.1. The fourth-order valence-corrected chi connectivity index (χ4v) is 3.56. The molecule has 2 amide bonds. The molecule has 0 aliphatic carbocycles. The van der Waals surface area contributed by atoms with Gasteiger partial charge >= 0.3 is 0 Å². The molecule has 7 nitrogen and oxygen atoms in total. The Balaban J connectivity index is 1.45. The van der Waals surface area contributed by atoms with Crippen LogP contribution in [0.1, 0.15) is 37.7 Å². The molecular formula is C26H24FN3O4. The number of halogens is 1. The molecule has 1 heterocycles. The smallest absolute Gasteiger partial charge is 0.255 e. The maximum absolute atomic E-state index is 13.7. The molecule has 0 unspecified atom stereocenters. The summed E-state index contributed by atoms with van der Waals surface area (Å²) < 4.78 is 24.9. The van der Waals surface area contributed by atoms with Crippen LogP contribution < -0.4 is 15.4 Å². The topological polar surface area (TPSA) is 93.5 Å². The molecule has 0 fully saturated rings. The first-order valence-electron chi connectivity index (χ1n) is 10.8. The van der Waals surface area contributed by atoms with Gasteiger partial charge in [0.25, 0.3) is 11.8 Å². The van der Waals surface area contributed by atoms with Crippen LogP contribution in [0, 0.1) is 19.7 Å². The lowest BCUT2D eigenvalue weighted by atomic mass is 10.1. The molecular weight excluding hydrogens is 437 g/mol. The number of hydrogen-bond donors (Lipinski definition) is 2. The predicted molar refractivity (Wildman–Crippen MR) is 125 cm³/mol. The summed E-state index contributed by atoms with van der Waals surface area (Å²) in [5.41, 5.74) is 1.88. The zero-order valence-electron chi connectivity index (χ0n) is 18.9. The van der Waals surface area contributed by atoms with Crippen LogP contribution in [0.4, 0.5) is 4.39 Å². The van der Waals surface area contributed by atoms with E-state index in [1.165, 1.54) is 18.2 Å². The van der Waals surface area contributed by atoms with Crippen molar-refractivity contribution in [1.29, 1.82) is 0 Å². The number of rotatable bonds is 8. The molecule has 4 aromatic rings. The van der Waals surface area contributed by atoms with E-state index in [9.17, 15) is 14.0 Å². The number of ether oxygens (including phenoxy) is 1. The van der Waals surface area contributed by atoms with Gasteiger partial charge in [-0.1, -0.05) is 41.6 Å². The van der Waals surface area contributed by atoms with Crippen LogP contribution in [-0.4, -0.2) is 30.1 Å². The minimum absolute atomic E-state index is 0.0432. The van der Waals surface area contributed by atoms with E-state index in [0.717, 1.165) is 22.0 Å². The Morgan fingerprint density at radius 1 is 0.912 bits per heavy atom.